The van der Waals surface area contributed by atoms with E-state index < -0.39 is 22.6 Å². The minimum Gasteiger partial charge on any atom is -0.482 e. The number of aliphatic carboxylic acids is 1. The standard InChI is InChI=1S/C23H22ClNO5S/c24-20-9-5-11-22(15-20)31(28,29)25(16-19-6-2-1-3-7-19)13-12-18-8-4-10-21(14-18)30-17-23(26)27/h1-11,14-15H,12-13,16-17H2,(H,26,27). The second-order valence-corrected chi connectivity index (χ2v) is 9.24. The van der Waals surface area contributed by atoms with E-state index in [4.69, 9.17) is 21.4 Å². The monoisotopic (exact) mass is 459 g/mol. The predicted octanol–water partition coefficient (Wildman–Crippen LogP) is 4.24. The van der Waals surface area contributed by atoms with Gasteiger partial charge < -0.3 is 9.84 Å². The lowest BCUT2D eigenvalue weighted by molar-refractivity contribution is -0.139. The van der Waals surface area contributed by atoms with Crippen molar-refractivity contribution in [3.8, 4) is 5.75 Å². The van der Waals surface area contributed by atoms with Crippen LogP contribution >= 0.6 is 11.6 Å². The van der Waals surface area contributed by atoms with Crippen molar-refractivity contribution in [2.24, 2.45) is 0 Å². The highest BCUT2D eigenvalue weighted by Crippen LogP contribution is 2.22. The number of carboxylic acids is 1. The minimum absolute atomic E-state index is 0.134. The van der Waals surface area contributed by atoms with Crippen LogP contribution in [0.1, 0.15) is 11.1 Å². The first-order valence-electron chi connectivity index (χ1n) is 9.58. The summed E-state index contributed by atoms with van der Waals surface area (Å²) in [6.45, 7) is 0.00372. The normalized spacial score (nSPS) is 11.4. The summed E-state index contributed by atoms with van der Waals surface area (Å²) >= 11 is 6.02. The molecular formula is C23H22ClNO5S. The maximum atomic E-state index is 13.3. The molecule has 162 valence electrons. The third-order valence-electron chi connectivity index (χ3n) is 4.55. The van der Waals surface area contributed by atoms with Crippen LogP contribution in [0.15, 0.2) is 83.8 Å². The zero-order valence-electron chi connectivity index (χ0n) is 16.6. The summed E-state index contributed by atoms with van der Waals surface area (Å²) in [4.78, 5) is 10.8. The van der Waals surface area contributed by atoms with Crippen LogP contribution in [0.4, 0.5) is 0 Å². The van der Waals surface area contributed by atoms with E-state index >= 15 is 0 Å². The van der Waals surface area contributed by atoms with Crippen molar-refractivity contribution in [1.29, 1.82) is 0 Å². The van der Waals surface area contributed by atoms with Crippen molar-refractivity contribution in [3.05, 3.63) is 95.0 Å². The van der Waals surface area contributed by atoms with Crippen molar-refractivity contribution >= 4 is 27.6 Å². The Labute approximate surface area is 186 Å². The fraction of sp³-hybridized carbons (Fsp3) is 0.174. The van der Waals surface area contributed by atoms with Crippen molar-refractivity contribution in [1.82, 2.24) is 4.31 Å². The van der Waals surface area contributed by atoms with Gasteiger partial charge in [0.05, 0.1) is 4.90 Å². The van der Waals surface area contributed by atoms with Gasteiger partial charge in [0.25, 0.3) is 0 Å². The number of hydrogen-bond donors (Lipinski definition) is 1. The first kappa shape index (κ1) is 22.8. The van der Waals surface area contributed by atoms with Gasteiger partial charge in [-0.2, -0.15) is 4.31 Å². The van der Waals surface area contributed by atoms with E-state index in [1.807, 2.05) is 36.4 Å². The molecule has 0 bridgehead atoms. The lowest BCUT2D eigenvalue weighted by atomic mass is 10.1. The molecule has 0 aromatic heterocycles. The van der Waals surface area contributed by atoms with Gasteiger partial charge in [-0.15, -0.1) is 0 Å². The van der Waals surface area contributed by atoms with Crippen molar-refractivity contribution < 1.29 is 23.1 Å². The highest BCUT2D eigenvalue weighted by atomic mass is 35.5. The number of ether oxygens (including phenoxy) is 1. The first-order chi connectivity index (χ1) is 14.8. The van der Waals surface area contributed by atoms with E-state index in [2.05, 4.69) is 0 Å². The molecule has 0 aliphatic heterocycles. The molecular weight excluding hydrogens is 438 g/mol. The highest BCUT2D eigenvalue weighted by molar-refractivity contribution is 7.89. The maximum absolute atomic E-state index is 13.3. The van der Waals surface area contributed by atoms with Gasteiger partial charge in [-0.3, -0.25) is 0 Å². The highest BCUT2D eigenvalue weighted by Gasteiger charge is 2.25. The van der Waals surface area contributed by atoms with Gasteiger partial charge in [-0.1, -0.05) is 60.1 Å². The Kier molecular flexibility index (Phi) is 7.68. The summed E-state index contributed by atoms with van der Waals surface area (Å²) in [5.74, 6) is -0.640. The van der Waals surface area contributed by atoms with Crippen LogP contribution in [0.2, 0.25) is 5.02 Å². The number of carbonyl (C=O) groups is 1. The fourth-order valence-corrected chi connectivity index (χ4v) is 4.77. The Morgan fingerprint density at radius 1 is 0.935 bits per heavy atom. The molecule has 0 aliphatic carbocycles. The molecule has 0 saturated carbocycles. The number of halogens is 1. The molecule has 0 radical (unpaired) electrons. The van der Waals surface area contributed by atoms with E-state index in [0.717, 1.165) is 11.1 Å². The summed E-state index contributed by atoms with van der Waals surface area (Å²) in [5, 5.41) is 9.12. The Morgan fingerprint density at radius 2 is 1.65 bits per heavy atom. The van der Waals surface area contributed by atoms with Crippen molar-refractivity contribution in [3.63, 3.8) is 0 Å². The van der Waals surface area contributed by atoms with Crippen LogP contribution in [-0.2, 0) is 27.8 Å². The van der Waals surface area contributed by atoms with Gasteiger partial charge in [0.1, 0.15) is 5.75 Å². The van der Waals surface area contributed by atoms with E-state index in [1.165, 1.54) is 16.4 Å². The SMILES string of the molecule is O=C(O)COc1cccc(CCN(Cc2ccccc2)S(=O)(=O)c2cccc(Cl)c2)c1. The molecule has 6 nitrogen and oxygen atoms in total. The van der Waals surface area contributed by atoms with E-state index in [-0.39, 0.29) is 18.0 Å². The average Bonchev–Trinajstić information content (AvgIpc) is 2.76. The molecule has 0 atom stereocenters. The van der Waals surface area contributed by atoms with E-state index in [0.29, 0.717) is 17.2 Å². The van der Waals surface area contributed by atoms with Crippen LogP contribution in [0.25, 0.3) is 0 Å². The number of nitrogens with zero attached hydrogens (tertiary/aromatic N) is 1. The van der Waals surface area contributed by atoms with Gasteiger partial charge >= 0.3 is 5.97 Å². The molecule has 0 heterocycles. The molecule has 0 spiro atoms. The van der Waals surface area contributed by atoms with Gasteiger partial charge in [0, 0.05) is 18.1 Å². The molecule has 0 amide bonds. The molecule has 3 aromatic rings. The Hall–Kier alpha value is -2.87. The molecule has 0 fully saturated rings. The molecule has 0 unspecified atom stereocenters. The summed E-state index contributed by atoms with van der Waals surface area (Å²) in [7, 11) is -3.78. The van der Waals surface area contributed by atoms with Crippen LogP contribution < -0.4 is 4.74 Å². The number of carboxylic acid groups (broad SMARTS) is 1. The smallest absolute Gasteiger partial charge is 0.341 e. The van der Waals surface area contributed by atoms with Crippen molar-refractivity contribution in [2.45, 2.75) is 17.9 Å². The summed E-state index contributed by atoms with van der Waals surface area (Å²) in [6.07, 6.45) is 0.427. The second kappa shape index (κ2) is 10.4. The van der Waals surface area contributed by atoms with Gasteiger partial charge in [-0.05, 0) is 47.9 Å². The molecule has 0 aliphatic rings. The van der Waals surface area contributed by atoms with Gasteiger partial charge in [0.15, 0.2) is 6.61 Å². The Balaban J connectivity index is 1.82. The molecule has 1 N–H and O–H groups in total. The minimum atomic E-state index is -3.78. The van der Waals surface area contributed by atoms with Gasteiger partial charge in [0.2, 0.25) is 10.0 Å². The molecule has 0 saturated heterocycles. The zero-order valence-corrected chi connectivity index (χ0v) is 18.2. The van der Waals surface area contributed by atoms with Crippen LogP contribution in [0.5, 0.6) is 5.75 Å². The van der Waals surface area contributed by atoms with Crippen LogP contribution in [0.3, 0.4) is 0 Å². The Morgan fingerprint density at radius 3 is 2.35 bits per heavy atom. The number of benzene rings is 3. The summed E-state index contributed by atoms with van der Waals surface area (Å²) < 4.78 is 33.3. The summed E-state index contributed by atoms with van der Waals surface area (Å²) in [6, 6.07) is 22.5. The summed E-state index contributed by atoms with van der Waals surface area (Å²) in [5.41, 5.74) is 1.70. The topological polar surface area (TPSA) is 83.9 Å². The quantitative estimate of drug-likeness (QED) is 0.490. The molecule has 3 aromatic carbocycles. The molecule has 31 heavy (non-hydrogen) atoms. The third-order valence-corrected chi connectivity index (χ3v) is 6.62. The predicted molar refractivity (Wildman–Crippen MR) is 119 cm³/mol. The van der Waals surface area contributed by atoms with Crippen molar-refractivity contribution in [2.75, 3.05) is 13.2 Å². The maximum Gasteiger partial charge on any atom is 0.341 e. The molecule has 3 rings (SSSR count). The zero-order chi connectivity index (χ0) is 22.3. The number of hydrogen-bond acceptors (Lipinski definition) is 4. The largest absolute Gasteiger partial charge is 0.482 e. The van der Waals surface area contributed by atoms with Crippen LogP contribution in [-0.4, -0.2) is 37.0 Å². The number of sulfonamides is 1. The average molecular weight is 460 g/mol. The van der Waals surface area contributed by atoms with E-state index in [1.54, 1.807) is 30.3 Å². The fourth-order valence-electron chi connectivity index (χ4n) is 3.04. The van der Waals surface area contributed by atoms with Gasteiger partial charge in [-0.25, -0.2) is 13.2 Å². The second-order valence-electron chi connectivity index (χ2n) is 6.86. The lowest BCUT2D eigenvalue weighted by Gasteiger charge is -2.23. The third kappa shape index (κ3) is 6.55. The van der Waals surface area contributed by atoms with Crippen LogP contribution in [0, 0.1) is 0 Å². The number of rotatable bonds is 10. The first-order valence-corrected chi connectivity index (χ1v) is 11.4. The van der Waals surface area contributed by atoms with E-state index in [9.17, 15) is 13.2 Å². The molecule has 8 heteroatoms. The lowest BCUT2D eigenvalue weighted by Crippen LogP contribution is -2.32. The Bertz CT molecular complexity index is 1140.